The van der Waals surface area contributed by atoms with Crippen LogP contribution in [0.15, 0.2) is 24.3 Å². The zero-order valence-electron chi connectivity index (χ0n) is 12.7. The fourth-order valence-electron chi connectivity index (χ4n) is 2.95. The van der Waals surface area contributed by atoms with Crippen molar-refractivity contribution in [3.05, 3.63) is 35.6 Å². The highest BCUT2D eigenvalue weighted by Gasteiger charge is 2.28. The van der Waals surface area contributed by atoms with Crippen LogP contribution in [0.1, 0.15) is 44.6 Å². The van der Waals surface area contributed by atoms with Crippen LogP contribution in [-0.2, 0) is 11.3 Å². The van der Waals surface area contributed by atoms with Crippen molar-refractivity contribution in [2.75, 3.05) is 6.54 Å². The van der Waals surface area contributed by atoms with Gasteiger partial charge in [0.2, 0.25) is 5.91 Å². The van der Waals surface area contributed by atoms with Gasteiger partial charge in [0, 0.05) is 25.0 Å². The fourth-order valence-corrected chi connectivity index (χ4v) is 2.95. The molecule has 0 aromatic heterocycles. The van der Waals surface area contributed by atoms with Gasteiger partial charge in [0.25, 0.3) is 0 Å². The Morgan fingerprint density at radius 3 is 2.48 bits per heavy atom. The number of amides is 1. The molecule has 0 saturated heterocycles. The molecular formula is C17H25FN2O. The zero-order valence-corrected chi connectivity index (χ0v) is 12.7. The van der Waals surface area contributed by atoms with Gasteiger partial charge < -0.3 is 10.6 Å². The van der Waals surface area contributed by atoms with E-state index in [0.29, 0.717) is 19.1 Å². The molecule has 2 rings (SSSR count). The number of nitrogens with two attached hydrogens (primary N) is 1. The SMILES string of the molecule is CC(CN)C(=O)N(Cc1ccc(F)cc1)C1CCCCC1. The lowest BCUT2D eigenvalue weighted by Gasteiger charge is -2.36. The van der Waals surface area contributed by atoms with Gasteiger partial charge in [0.1, 0.15) is 5.82 Å². The summed E-state index contributed by atoms with van der Waals surface area (Å²) in [7, 11) is 0. The van der Waals surface area contributed by atoms with Crippen LogP contribution in [0.2, 0.25) is 0 Å². The van der Waals surface area contributed by atoms with Gasteiger partial charge in [-0.25, -0.2) is 4.39 Å². The van der Waals surface area contributed by atoms with E-state index in [-0.39, 0.29) is 17.6 Å². The van der Waals surface area contributed by atoms with E-state index in [0.717, 1.165) is 18.4 Å². The van der Waals surface area contributed by atoms with Gasteiger partial charge in [-0.2, -0.15) is 0 Å². The number of halogens is 1. The van der Waals surface area contributed by atoms with Gasteiger partial charge in [0.05, 0.1) is 0 Å². The summed E-state index contributed by atoms with van der Waals surface area (Å²) in [4.78, 5) is 14.6. The second kappa shape index (κ2) is 7.55. The number of carbonyl (C=O) groups is 1. The van der Waals surface area contributed by atoms with Gasteiger partial charge in [-0.15, -0.1) is 0 Å². The Kier molecular flexibility index (Phi) is 5.74. The van der Waals surface area contributed by atoms with Gasteiger partial charge in [-0.3, -0.25) is 4.79 Å². The highest BCUT2D eigenvalue weighted by atomic mass is 19.1. The molecule has 1 amide bonds. The maximum absolute atomic E-state index is 13.0. The average Bonchev–Trinajstić information content (AvgIpc) is 2.53. The highest BCUT2D eigenvalue weighted by Crippen LogP contribution is 2.25. The Bertz CT molecular complexity index is 454. The molecule has 1 aliphatic carbocycles. The molecule has 1 saturated carbocycles. The largest absolute Gasteiger partial charge is 0.335 e. The van der Waals surface area contributed by atoms with Crippen molar-refractivity contribution < 1.29 is 9.18 Å². The van der Waals surface area contributed by atoms with E-state index in [1.165, 1.54) is 31.4 Å². The summed E-state index contributed by atoms with van der Waals surface area (Å²) in [5.74, 6) is -0.286. The molecule has 0 heterocycles. The quantitative estimate of drug-likeness (QED) is 0.906. The third-order valence-electron chi connectivity index (χ3n) is 4.34. The molecule has 1 fully saturated rings. The Balaban J connectivity index is 2.14. The predicted molar refractivity (Wildman–Crippen MR) is 82.0 cm³/mol. The number of carbonyl (C=O) groups excluding carboxylic acids is 1. The minimum atomic E-state index is -0.246. The minimum absolute atomic E-state index is 0.119. The molecule has 4 heteroatoms. The summed E-state index contributed by atoms with van der Waals surface area (Å²) in [5.41, 5.74) is 6.63. The van der Waals surface area contributed by atoms with E-state index in [2.05, 4.69) is 0 Å². The molecule has 0 aliphatic heterocycles. The van der Waals surface area contributed by atoms with Gasteiger partial charge >= 0.3 is 0 Å². The summed E-state index contributed by atoms with van der Waals surface area (Å²) < 4.78 is 13.0. The lowest BCUT2D eigenvalue weighted by molar-refractivity contribution is -0.138. The van der Waals surface area contributed by atoms with Crippen LogP contribution in [0.25, 0.3) is 0 Å². The maximum atomic E-state index is 13.0. The first-order chi connectivity index (χ1) is 10.1. The lowest BCUT2D eigenvalue weighted by Crippen LogP contribution is -2.44. The first-order valence-electron chi connectivity index (χ1n) is 7.87. The Morgan fingerprint density at radius 1 is 1.29 bits per heavy atom. The number of nitrogens with zero attached hydrogens (tertiary/aromatic N) is 1. The van der Waals surface area contributed by atoms with Crippen LogP contribution in [-0.4, -0.2) is 23.4 Å². The van der Waals surface area contributed by atoms with E-state index < -0.39 is 0 Å². The second-order valence-corrected chi connectivity index (χ2v) is 6.02. The monoisotopic (exact) mass is 292 g/mol. The van der Waals surface area contributed by atoms with Crippen molar-refractivity contribution in [1.29, 1.82) is 0 Å². The van der Waals surface area contributed by atoms with E-state index in [4.69, 9.17) is 5.73 Å². The molecular weight excluding hydrogens is 267 g/mol. The van der Waals surface area contributed by atoms with E-state index >= 15 is 0 Å². The van der Waals surface area contributed by atoms with Crippen molar-refractivity contribution in [2.24, 2.45) is 11.7 Å². The van der Waals surface area contributed by atoms with Crippen molar-refractivity contribution >= 4 is 5.91 Å². The number of rotatable bonds is 5. The standard InChI is InChI=1S/C17H25FN2O/c1-13(11-19)17(21)20(16-5-3-2-4-6-16)12-14-7-9-15(18)10-8-14/h7-10,13,16H,2-6,11-12,19H2,1H3. The molecule has 2 N–H and O–H groups in total. The Morgan fingerprint density at radius 2 is 1.90 bits per heavy atom. The molecule has 1 aliphatic rings. The molecule has 116 valence electrons. The maximum Gasteiger partial charge on any atom is 0.227 e. The van der Waals surface area contributed by atoms with Crippen molar-refractivity contribution in [3.63, 3.8) is 0 Å². The van der Waals surface area contributed by atoms with Crippen molar-refractivity contribution in [2.45, 2.75) is 51.6 Å². The average molecular weight is 292 g/mol. The number of hydrogen-bond acceptors (Lipinski definition) is 2. The Hall–Kier alpha value is -1.42. The molecule has 1 aromatic rings. The van der Waals surface area contributed by atoms with Crippen LogP contribution < -0.4 is 5.73 Å². The first kappa shape index (κ1) is 16.0. The summed E-state index contributed by atoms with van der Waals surface area (Å²) in [6, 6.07) is 6.71. The third-order valence-corrected chi connectivity index (χ3v) is 4.34. The zero-order chi connectivity index (χ0) is 15.2. The molecule has 1 aromatic carbocycles. The number of benzene rings is 1. The number of hydrogen-bond donors (Lipinski definition) is 1. The molecule has 1 unspecified atom stereocenters. The summed E-state index contributed by atoms with van der Waals surface area (Å²) in [5, 5.41) is 0. The molecule has 0 spiro atoms. The summed E-state index contributed by atoms with van der Waals surface area (Å²) >= 11 is 0. The minimum Gasteiger partial charge on any atom is -0.335 e. The first-order valence-corrected chi connectivity index (χ1v) is 7.87. The van der Waals surface area contributed by atoms with Crippen molar-refractivity contribution in [3.8, 4) is 0 Å². The van der Waals surface area contributed by atoms with Crippen LogP contribution in [0.3, 0.4) is 0 Å². The fraction of sp³-hybridized carbons (Fsp3) is 0.588. The highest BCUT2D eigenvalue weighted by molar-refractivity contribution is 5.79. The molecule has 0 bridgehead atoms. The molecule has 0 radical (unpaired) electrons. The third kappa shape index (κ3) is 4.27. The van der Waals surface area contributed by atoms with Crippen LogP contribution in [0, 0.1) is 11.7 Å². The van der Waals surface area contributed by atoms with Crippen molar-refractivity contribution in [1.82, 2.24) is 4.90 Å². The predicted octanol–water partition coefficient (Wildman–Crippen LogP) is 3.08. The van der Waals surface area contributed by atoms with E-state index in [1.54, 1.807) is 12.1 Å². The topological polar surface area (TPSA) is 46.3 Å². The van der Waals surface area contributed by atoms with Gasteiger partial charge in [0.15, 0.2) is 0 Å². The van der Waals surface area contributed by atoms with E-state index in [1.807, 2.05) is 11.8 Å². The molecule has 21 heavy (non-hydrogen) atoms. The Labute approximate surface area is 126 Å². The van der Waals surface area contributed by atoms with Crippen LogP contribution in [0.5, 0.6) is 0 Å². The van der Waals surface area contributed by atoms with Gasteiger partial charge in [-0.1, -0.05) is 38.3 Å². The summed E-state index contributed by atoms with van der Waals surface area (Å²) in [6.45, 7) is 2.79. The second-order valence-electron chi connectivity index (χ2n) is 6.02. The lowest BCUT2D eigenvalue weighted by atomic mass is 9.93. The van der Waals surface area contributed by atoms with Gasteiger partial charge in [-0.05, 0) is 30.5 Å². The van der Waals surface area contributed by atoms with Crippen LogP contribution >= 0.6 is 0 Å². The molecule has 1 atom stereocenters. The van der Waals surface area contributed by atoms with E-state index in [9.17, 15) is 9.18 Å². The summed E-state index contributed by atoms with van der Waals surface area (Å²) in [6.07, 6.45) is 5.72. The smallest absolute Gasteiger partial charge is 0.227 e. The molecule has 3 nitrogen and oxygen atoms in total. The van der Waals surface area contributed by atoms with Crippen LogP contribution in [0.4, 0.5) is 4.39 Å². The normalized spacial score (nSPS) is 17.5.